The Balaban J connectivity index is 2.00. The molecule has 2 aromatic carbocycles. The Kier molecular flexibility index (Phi) is 7.56. The van der Waals surface area contributed by atoms with Crippen molar-refractivity contribution in [1.29, 1.82) is 0 Å². The first-order valence-electron chi connectivity index (χ1n) is 9.31. The highest BCUT2D eigenvalue weighted by atomic mass is 32.2. The summed E-state index contributed by atoms with van der Waals surface area (Å²) in [6, 6.07) is 15.9. The fourth-order valence-electron chi connectivity index (χ4n) is 2.93. The molecule has 1 atom stereocenters. The molecule has 0 unspecified atom stereocenters. The highest BCUT2D eigenvalue weighted by molar-refractivity contribution is 7.89. The molecule has 0 saturated carbocycles. The van der Waals surface area contributed by atoms with Crippen LogP contribution in [-0.4, -0.2) is 32.3 Å². The van der Waals surface area contributed by atoms with Crippen LogP contribution in [0.1, 0.15) is 44.4 Å². The van der Waals surface area contributed by atoms with E-state index in [1.165, 1.54) is 0 Å². The lowest BCUT2D eigenvalue weighted by Gasteiger charge is -2.18. The summed E-state index contributed by atoms with van der Waals surface area (Å²) in [6.07, 6.45) is 1.03. The van der Waals surface area contributed by atoms with Gasteiger partial charge in [0.2, 0.25) is 15.9 Å². The number of carbonyl (C=O) groups excluding carboxylic acids is 1. The van der Waals surface area contributed by atoms with Crippen molar-refractivity contribution in [3.05, 3.63) is 65.7 Å². The summed E-state index contributed by atoms with van der Waals surface area (Å²) in [5.74, 6) is 0.120. The minimum atomic E-state index is -3.60. The minimum absolute atomic E-state index is 0.120. The SMILES string of the molecule is CCN(CC)C(=O)CCc1ccc(S(=O)(=O)N[C@H](C)c2ccccc2)cc1. The van der Waals surface area contributed by atoms with E-state index in [0.29, 0.717) is 25.9 Å². The van der Waals surface area contributed by atoms with E-state index in [-0.39, 0.29) is 16.8 Å². The average Bonchev–Trinajstić information content (AvgIpc) is 2.68. The Hall–Kier alpha value is -2.18. The molecular formula is C21H28N2O3S. The van der Waals surface area contributed by atoms with Gasteiger partial charge in [-0.15, -0.1) is 0 Å². The number of benzene rings is 2. The van der Waals surface area contributed by atoms with E-state index in [0.717, 1.165) is 11.1 Å². The van der Waals surface area contributed by atoms with Gasteiger partial charge in [-0.2, -0.15) is 0 Å². The van der Waals surface area contributed by atoms with Crippen molar-refractivity contribution in [1.82, 2.24) is 9.62 Å². The second-order valence-electron chi connectivity index (χ2n) is 6.46. The van der Waals surface area contributed by atoms with Gasteiger partial charge in [0.05, 0.1) is 4.90 Å². The third-order valence-corrected chi connectivity index (χ3v) is 6.17. The summed E-state index contributed by atoms with van der Waals surface area (Å²) >= 11 is 0. The van der Waals surface area contributed by atoms with Gasteiger partial charge in [-0.3, -0.25) is 4.79 Å². The molecule has 146 valence electrons. The van der Waals surface area contributed by atoms with E-state index in [4.69, 9.17) is 0 Å². The molecule has 0 heterocycles. The van der Waals surface area contributed by atoms with E-state index in [1.807, 2.05) is 51.1 Å². The molecule has 0 aliphatic rings. The van der Waals surface area contributed by atoms with Crippen LogP contribution in [0.2, 0.25) is 0 Å². The fraction of sp³-hybridized carbons (Fsp3) is 0.381. The Morgan fingerprint density at radius 3 is 2.15 bits per heavy atom. The molecule has 0 spiro atoms. The number of rotatable bonds is 9. The number of hydrogen-bond acceptors (Lipinski definition) is 3. The van der Waals surface area contributed by atoms with E-state index >= 15 is 0 Å². The molecule has 1 amide bonds. The summed E-state index contributed by atoms with van der Waals surface area (Å²) in [5.41, 5.74) is 1.86. The maximum absolute atomic E-state index is 12.6. The standard InChI is InChI=1S/C21H28N2O3S/c1-4-23(5-2)21(24)16-13-18-11-14-20(15-12-18)27(25,26)22-17(3)19-9-7-6-8-10-19/h6-12,14-15,17,22H,4-5,13,16H2,1-3H3/t17-/m1/s1. The Morgan fingerprint density at radius 2 is 1.59 bits per heavy atom. The smallest absolute Gasteiger partial charge is 0.241 e. The van der Waals surface area contributed by atoms with Crippen LogP contribution in [0.3, 0.4) is 0 Å². The van der Waals surface area contributed by atoms with E-state index < -0.39 is 10.0 Å². The molecule has 0 aliphatic heterocycles. The third-order valence-electron chi connectivity index (χ3n) is 4.61. The lowest BCUT2D eigenvalue weighted by molar-refractivity contribution is -0.130. The summed E-state index contributed by atoms with van der Waals surface area (Å²) in [5, 5.41) is 0. The number of carbonyl (C=O) groups is 1. The molecule has 27 heavy (non-hydrogen) atoms. The summed E-state index contributed by atoms with van der Waals surface area (Å²) in [4.78, 5) is 14.1. The number of amides is 1. The van der Waals surface area contributed by atoms with Gasteiger partial charge in [0.25, 0.3) is 0 Å². The summed E-state index contributed by atoms with van der Waals surface area (Å²) < 4.78 is 27.9. The van der Waals surface area contributed by atoms with Gasteiger partial charge < -0.3 is 4.90 Å². The largest absolute Gasteiger partial charge is 0.343 e. The van der Waals surface area contributed by atoms with Crippen LogP contribution in [0.5, 0.6) is 0 Å². The zero-order valence-electron chi connectivity index (χ0n) is 16.2. The van der Waals surface area contributed by atoms with Gasteiger partial charge in [0.1, 0.15) is 0 Å². The van der Waals surface area contributed by atoms with Gasteiger partial charge in [-0.05, 0) is 50.5 Å². The number of hydrogen-bond donors (Lipinski definition) is 1. The Morgan fingerprint density at radius 1 is 1.00 bits per heavy atom. The highest BCUT2D eigenvalue weighted by Gasteiger charge is 2.18. The van der Waals surface area contributed by atoms with Crippen molar-refractivity contribution < 1.29 is 13.2 Å². The monoisotopic (exact) mass is 388 g/mol. The van der Waals surface area contributed by atoms with Gasteiger partial charge in [0.15, 0.2) is 0 Å². The van der Waals surface area contributed by atoms with Crippen molar-refractivity contribution in [2.24, 2.45) is 0 Å². The van der Waals surface area contributed by atoms with Crippen LogP contribution in [-0.2, 0) is 21.2 Å². The molecule has 0 bridgehead atoms. The first kappa shape index (κ1) is 21.1. The molecule has 5 nitrogen and oxygen atoms in total. The third kappa shape index (κ3) is 5.91. The summed E-state index contributed by atoms with van der Waals surface area (Å²) in [7, 11) is -3.60. The van der Waals surface area contributed by atoms with Gasteiger partial charge in [-0.25, -0.2) is 13.1 Å². The molecule has 2 rings (SSSR count). The fourth-order valence-corrected chi connectivity index (χ4v) is 4.16. The first-order valence-corrected chi connectivity index (χ1v) is 10.8. The number of aryl methyl sites for hydroxylation is 1. The lowest BCUT2D eigenvalue weighted by atomic mass is 10.1. The van der Waals surface area contributed by atoms with Gasteiger partial charge in [0, 0.05) is 25.6 Å². The van der Waals surface area contributed by atoms with Crippen molar-refractivity contribution in [2.45, 2.75) is 44.6 Å². The van der Waals surface area contributed by atoms with Crippen molar-refractivity contribution in [3.8, 4) is 0 Å². The van der Waals surface area contributed by atoms with Crippen molar-refractivity contribution >= 4 is 15.9 Å². The van der Waals surface area contributed by atoms with Crippen LogP contribution in [0.4, 0.5) is 0 Å². The van der Waals surface area contributed by atoms with Crippen molar-refractivity contribution in [2.75, 3.05) is 13.1 Å². The molecule has 0 aromatic heterocycles. The lowest BCUT2D eigenvalue weighted by Crippen LogP contribution is -2.30. The number of sulfonamides is 1. The maximum atomic E-state index is 12.6. The van der Waals surface area contributed by atoms with Crippen molar-refractivity contribution in [3.63, 3.8) is 0 Å². The predicted octanol–water partition coefficient (Wildman–Crippen LogP) is 3.53. The molecular weight excluding hydrogens is 360 g/mol. The van der Waals surface area contributed by atoms with E-state index in [2.05, 4.69) is 4.72 Å². The first-order chi connectivity index (χ1) is 12.9. The maximum Gasteiger partial charge on any atom is 0.241 e. The molecule has 0 aliphatic carbocycles. The zero-order chi connectivity index (χ0) is 19.9. The second-order valence-corrected chi connectivity index (χ2v) is 8.18. The molecule has 6 heteroatoms. The molecule has 0 saturated heterocycles. The second kappa shape index (κ2) is 9.67. The van der Waals surface area contributed by atoms with Crippen LogP contribution in [0.15, 0.2) is 59.5 Å². The highest BCUT2D eigenvalue weighted by Crippen LogP contribution is 2.17. The van der Waals surface area contributed by atoms with Crippen LogP contribution < -0.4 is 4.72 Å². The molecule has 1 N–H and O–H groups in total. The van der Waals surface area contributed by atoms with E-state index in [9.17, 15) is 13.2 Å². The van der Waals surface area contributed by atoms with Crippen LogP contribution >= 0.6 is 0 Å². The Bertz CT molecular complexity index is 829. The van der Waals surface area contributed by atoms with E-state index in [1.54, 1.807) is 29.2 Å². The molecule has 0 fully saturated rings. The van der Waals surface area contributed by atoms with Gasteiger partial charge >= 0.3 is 0 Å². The number of nitrogens with one attached hydrogen (secondary N) is 1. The summed E-state index contributed by atoms with van der Waals surface area (Å²) in [6.45, 7) is 7.16. The van der Waals surface area contributed by atoms with Crippen LogP contribution in [0, 0.1) is 0 Å². The average molecular weight is 389 g/mol. The minimum Gasteiger partial charge on any atom is -0.343 e. The Labute approximate surface area is 162 Å². The normalized spacial score (nSPS) is 12.6. The molecule has 0 radical (unpaired) electrons. The number of nitrogens with zero attached hydrogens (tertiary/aromatic N) is 1. The predicted molar refractivity (Wildman–Crippen MR) is 108 cm³/mol. The topological polar surface area (TPSA) is 66.5 Å². The van der Waals surface area contributed by atoms with Crippen LogP contribution in [0.25, 0.3) is 0 Å². The van der Waals surface area contributed by atoms with Gasteiger partial charge in [-0.1, -0.05) is 42.5 Å². The quantitative estimate of drug-likeness (QED) is 0.715. The molecule has 2 aromatic rings. The zero-order valence-corrected chi connectivity index (χ0v) is 17.0.